The van der Waals surface area contributed by atoms with Crippen molar-refractivity contribution >= 4 is 28.1 Å². The van der Waals surface area contributed by atoms with Crippen molar-refractivity contribution in [1.82, 2.24) is 0 Å². The fourth-order valence-corrected chi connectivity index (χ4v) is 2.42. The third-order valence-electron chi connectivity index (χ3n) is 3.77. The molecule has 0 saturated carbocycles. The second-order valence-corrected chi connectivity index (χ2v) is 5.16. The van der Waals surface area contributed by atoms with Crippen LogP contribution in [-0.2, 0) is 0 Å². The second kappa shape index (κ2) is 5.41. The molecule has 3 aromatic rings. The molecule has 4 heteroatoms. The highest BCUT2D eigenvalue weighted by Crippen LogP contribution is 2.29. The van der Waals surface area contributed by atoms with E-state index in [0.29, 0.717) is 16.8 Å². The molecule has 0 saturated heterocycles. The van der Waals surface area contributed by atoms with Crippen molar-refractivity contribution in [3.05, 3.63) is 65.7 Å². The Morgan fingerprint density at radius 1 is 1.05 bits per heavy atom. The van der Waals surface area contributed by atoms with Crippen molar-refractivity contribution in [2.24, 2.45) is 0 Å². The normalized spacial score (nSPS) is 10.6. The van der Waals surface area contributed by atoms with E-state index in [-0.39, 0.29) is 17.2 Å². The van der Waals surface area contributed by atoms with Crippen LogP contribution in [0.3, 0.4) is 0 Å². The summed E-state index contributed by atoms with van der Waals surface area (Å²) < 4.78 is 0. The first kappa shape index (κ1) is 13.9. The lowest BCUT2D eigenvalue weighted by atomic mass is 10.0. The molecule has 0 aromatic heterocycles. The molecule has 0 aliphatic carbocycles. The fourth-order valence-electron chi connectivity index (χ4n) is 2.42. The number of hydrogen-bond acceptors (Lipinski definition) is 3. The Morgan fingerprint density at radius 2 is 1.82 bits per heavy atom. The average Bonchev–Trinajstić information content (AvgIpc) is 2.52. The number of anilines is 2. The molecule has 4 N–H and O–H groups in total. The molecular formula is C18H16N2O2. The van der Waals surface area contributed by atoms with Gasteiger partial charge in [0, 0.05) is 16.8 Å². The Labute approximate surface area is 128 Å². The van der Waals surface area contributed by atoms with Crippen LogP contribution in [0.5, 0.6) is 5.75 Å². The number of nitrogens with two attached hydrogens (primary N) is 1. The van der Waals surface area contributed by atoms with Crippen LogP contribution in [0.4, 0.5) is 11.4 Å². The van der Waals surface area contributed by atoms with E-state index in [1.54, 1.807) is 30.3 Å². The van der Waals surface area contributed by atoms with Gasteiger partial charge in [-0.25, -0.2) is 0 Å². The van der Waals surface area contributed by atoms with Crippen LogP contribution in [0.25, 0.3) is 10.8 Å². The van der Waals surface area contributed by atoms with Crippen molar-refractivity contribution in [3.8, 4) is 5.75 Å². The molecular weight excluding hydrogens is 276 g/mol. The molecule has 4 nitrogen and oxygen atoms in total. The first-order valence-electron chi connectivity index (χ1n) is 6.95. The van der Waals surface area contributed by atoms with E-state index >= 15 is 0 Å². The molecule has 0 spiro atoms. The molecule has 3 aromatic carbocycles. The maximum atomic E-state index is 12.4. The zero-order chi connectivity index (χ0) is 15.7. The van der Waals surface area contributed by atoms with E-state index in [1.807, 2.05) is 31.2 Å². The number of phenols is 1. The van der Waals surface area contributed by atoms with Gasteiger partial charge in [0.1, 0.15) is 5.75 Å². The van der Waals surface area contributed by atoms with E-state index in [0.717, 1.165) is 10.9 Å². The Balaban J connectivity index is 1.99. The van der Waals surface area contributed by atoms with Gasteiger partial charge in [-0.1, -0.05) is 36.4 Å². The predicted molar refractivity (Wildman–Crippen MR) is 89.2 cm³/mol. The van der Waals surface area contributed by atoms with Crippen LogP contribution >= 0.6 is 0 Å². The summed E-state index contributed by atoms with van der Waals surface area (Å²) in [4.78, 5) is 12.4. The molecule has 1 amide bonds. The molecule has 0 heterocycles. The number of nitrogens with one attached hydrogen (secondary N) is 1. The zero-order valence-corrected chi connectivity index (χ0v) is 12.1. The molecule has 110 valence electrons. The number of aromatic hydroxyl groups is 1. The quantitative estimate of drug-likeness (QED) is 0.630. The number of nitrogen functional groups attached to an aromatic ring is 1. The number of fused-ring (bicyclic) bond motifs is 1. The lowest BCUT2D eigenvalue weighted by Crippen LogP contribution is -2.13. The van der Waals surface area contributed by atoms with Gasteiger partial charge < -0.3 is 16.2 Å². The lowest BCUT2D eigenvalue weighted by molar-refractivity contribution is 0.102. The third-order valence-corrected chi connectivity index (χ3v) is 3.77. The van der Waals surface area contributed by atoms with Crippen LogP contribution in [0.2, 0.25) is 0 Å². The summed E-state index contributed by atoms with van der Waals surface area (Å²) in [6.45, 7) is 1.84. The molecule has 0 aliphatic heterocycles. The topological polar surface area (TPSA) is 75.3 Å². The number of hydrogen-bond donors (Lipinski definition) is 3. The highest BCUT2D eigenvalue weighted by atomic mass is 16.3. The van der Waals surface area contributed by atoms with Crippen LogP contribution < -0.4 is 11.1 Å². The Hall–Kier alpha value is -3.01. The minimum absolute atomic E-state index is 0.0165. The van der Waals surface area contributed by atoms with E-state index < -0.39 is 0 Å². The van der Waals surface area contributed by atoms with Gasteiger partial charge in [-0.05, 0) is 36.1 Å². The predicted octanol–water partition coefficient (Wildman–Crippen LogP) is 3.69. The summed E-state index contributed by atoms with van der Waals surface area (Å²) in [7, 11) is 0. The monoisotopic (exact) mass is 292 g/mol. The third kappa shape index (κ3) is 2.35. The van der Waals surface area contributed by atoms with Gasteiger partial charge in [0.2, 0.25) is 0 Å². The summed E-state index contributed by atoms with van der Waals surface area (Å²) in [5.41, 5.74) is 8.13. The van der Waals surface area contributed by atoms with E-state index in [1.165, 1.54) is 0 Å². The van der Waals surface area contributed by atoms with Crippen molar-refractivity contribution in [2.45, 2.75) is 6.92 Å². The molecule has 0 bridgehead atoms. The Bertz CT molecular complexity index is 872. The van der Waals surface area contributed by atoms with E-state index in [2.05, 4.69) is 5.32 Å². The van der Waals surface area contributed by atoms with E-state index in [4.69, 9.17) is 5.73 Å². The standard InChI is InChI=1S/C18H16N2O2/c1-11-15(19)7-4-8-16(11)20-18(22)14-10-9-12-5-2-3-6-13(12)17(14)21/h2-10,21H,19H2,1H3,(H,20,22). The van der Waals surface area contributed by atoms with Crippen LogP contribution in [-0.4, -0.2) is 11.0 Å². The summed E-state index contributed by atoms with van der Waals surface area (Å²) in [5, 5.41) is 14.7. The average molecular weight is 292 g/mol. The van der Waals surface area contributed by atoms with Crippen LogP contribution in [0.15, 0.2) is 54.6 Å². The Morgan fingerprint density at radius 3 is 2.64 bits per heavy atom. The minimum Gasteiger partial charge on any atom is -0.506 e. The Kier molecular flexibility index (Phi) is 3.43. The molecule has 3 rings (SSSR count). The second-order valence-electron chi connectivity index (χ2n) is 5.16. The van der Waals surface area contributed by atoms with Crippen LogP contribution in [0, 0.1) is 6.92 Å². The van der Waals surface area contributed by atoms with Crippen LogP contribution in [0.1, 0.15) is 15.9 Å². The van der Waals surface area contributed by atoms with Gasteiger partial charge >= 0.3 is 0 Å². The number of carbonyl (C=O) groups is 1. The van der Waals surface area contributed by atoms with Gasteiger partial charge in [0.15, 0.2) is 0 Å². The maximum absolute atomic E-state index is 12.4. The maximum Gasteiger partial charge on any atom is 0.259 e. The smallest absolute Gasteiger partial charge is 0.259 e. The van der Waals surface area contributed by atoms with Crippen molar-refractivity contribution in [2.75, 3.05) is 11.1 Å². The van der Waals surface area contributed by atoms with Gasteiger partial charge in [-0.3, -0.25) is 4.79 Å². The van der Waals surface area contributed by atoms with Gasteiger partial charge in [-0.2, -0.15) is 0 Å². The molecule has 0 fully saturated rings. The summed E-state index contributed by atoms with van der Waals surface area (Å²) in [6.07, 6.45) is 0. The molecule has 0 atom stereocenters. The summed E-state index contributed by atoms with van der Waals surface area (Å²) in [5.74, 6) is -0.380. The molecule has 0 radical (unpaired) electrons. The van der Waals surface area contributed by atoms with Gasteiger partial charge in [0.05, 0.1) is 5.56 Å². The number of rotatable bonds is 2. The minimum atomic E-state index is -0.364. The van der Waals surface area contributed by atoms with E-state index in [9.17, 15) is 9.90 Å². The molecule has 0 aliphatic rings. The van der Waals surface area contributed by atoms with Crippen molar-refractivity contribution < 1.29 is 9.90 Å². The number of carbonyl (C=O) groups excluding carboxylic acids is 1. The highest BCUT2D eigenvalue weighted by Gasteiger charge is 2.15. The van der Waals surface area contributed by atoms with Crippen molar-refractivity contribution in [3.63, 3.8) is 0 Å². The molecule has 22 heavy (non-hydrogen) atoms. The molecule has 0 unspecified atom stereocenters. The van der Waals surface area contributed by atoms with Gasteiger partial charge in [0.25, 0.3) is 5.91 Å². The lowest BCUT2D eigenvalue weighted by Gasteiger charge is -2.12. The van der Waals surface area contributed by atoms with Gasteiger partial charge in [-0.15, -0.1) is 0 Å². The largest absolute Gasteiger partial charge is 0.506 e. The first-order chi connectivity index (χ1) is 10.6. The summed E-state index contributed by atoms with van der Waals surface area (Å²) >= 11 is 0. The fraction of sp³-hybridized carbons (Fsp3) is 0.0556. The van der Waals surface area contributed by atoms with Crippen molar-refractivity contribution in [1.29, 1.82) is 0 Å². The zero-order valence-electron chi connectivity index (χ0n) is 12.1. The number of amides is 1. The highest BCUT2D eigenvalue weighted by molar-refractivity contribution is 6.10. The first-order valence-corrected chi connectivity index (χ1v) is 6.95. The number of phenolic OH excluding ortho intramolecular Hbond substituents is 1. The number of benzene rings is 3. The summed E-state index contributed by atoms with van der Waals surface area (Å²) in [6, 6.07) is 16.2. The SMILES string of the molecule is Cc1c(N)cccc1NC(=O)c1ccc2ccccc2c1O.